The second kappa shape index (κ2) is 3.85. The highest BCUT2D eigenvalue weighted by Crippen LogP contribution is 2.24. The molecule has 72 valence electrons. The number of aromatic carboxylic acids is 1. The van der Waals surface area contributed by atoms with Gasteiger partial charge in [-0.3, -0.25) is 0 Å². The standard InChI is InChI=1S/C8H11NO3S/c1-4(2)7-9-5(3-10)6(13-7)8(11)12/h4,10H,3H2,1-2H3,(H,11,12). The molecule has 1 aromatic rings. The molecule has 0 atom stereocenters. The first kappa shape index (κ1) is 10.1. The van der Waals surface area contributed by atoms with Crippen LogP contribution in [0.2, 0.25) is 0 Å². The van der Waals surface area contributed by atoms with Crippen molar-refractivity contribution in [2.24, 2.45) is 0 Å². The molecular weight excluding hydrogens is 190 g/mol. The van der Waals surface area contributed by atoms with Crippen LogP contribution in [0.4, 0.5) is 0 Å². The Bertz CT molecular complexity index is 319. The number of carboxylic acids is 1. The largest absolute Gasteiger partial charge is 0.477 e. The summed E-state index contributed by atoms with van der Waals surface area (Å²) < 4.78 is 0. The smallest absolute Gasteiger partial charge is 0.347 e. The molecule has 0 aliphatic rings. The van der Waals surface area contributed by atoms with E-state index in [1.807, 2.05) is 13.8 Å². The minimum Gasteiger partial charge on any atom is -0.477 e. The van der Waals surface area contributed by atoms with Gasteiger partial charge in [0.25, 0.3) is 0 Å². The molecule has 0 unspecified atom stereocenters. The maximum atomic E-state index is 10.7. The van der Waals surface area contributed by atoms with Gasteiger partial charge in [0.15, 0.2) is 0 Å². The summed E-state index contributed by atoms with van der Waals surface area (Å²) in [7, 11) is 0. The minimum atomic E-state index is -1.02. The van der Waals surface area contributed by atoms with Crippen molar-refractivity contribution < 1.29 is 15.0 Å². The van der Waals surface area contributed by atoms with Crippen molar-refractivity contribution >= 4 is 17.3 Å². The van der Waals surface area contributed by atoms with Crippen LogP contribution in [-0.2, 0) is 6.61 Å². The lowest BCUT2D eigenvalue weighted by molar-refractivity contribution is 0.0698. The molecule has 0 aromatic carbocycles. The van der Waals surface area contributed by atoms with E-state index in [4.69, 9.17) is 10.2 Å². The van der Waals surface area contributed by atoms with Crippen LogP contribution in [0.25, 0.3) is 0 Å². The van der Waals surface area contributed by atoms with Gasteiger partial charge in [-0.05, 0) is 0 Å². The van der Waals surface area contributed by atoms with Gasteiger partial charge in [-0.1, -0.05) is 13.8 Å². The number of aliphatic hydroxyl groups is 1. The second-order valence-corrected chi connectivity index (χ2v) is 3.98. The monoisotopic (exact) mass is 201 g/mol. The van der Waals surface area contributed by atoms with Crippen LogP contribution in [0.5, 0.6) is 0 Å². The van der Waals surface area contributed by atoms with E-state index in [0.717, 1.165) is 16.3 Å². The summed E-state index contributed by atoms with van der Waals surface area (Å²) in [6, 6.07) is 0. The van der Waals surface area contributed by atoms with Crippen LogP contribution in [-0.4, -0.2) is 21.2 Å². The first-order valence-corrected chi connectivity index (χ1v) is 4.71. The van der Waals surface area contributed by atoms with E-state index in [-0.39, 0.29) is 23.1 Å². The summed E-state index contributed by atoms with van der Waals surface area (Å²) in [5, 5.41) is 18.3. The zero-order chi connectivity index (χ0) is 10.0. The Labute approximate surface area is 79.9 Å². The zero-order valence-corrected chi connectivity index (χ0v) is 8.26. The van der Waals surface area contributed by atoms with E-state index < -0.39 is 5.97 Å². The average molecular weight is 201 g/mol. The molecule has 4 nitrogen and oxygen atoms in total. The Morgan fingerprint density at radius 2 is 2.23 bits per heavy atom. The number of hydrogen-bond acceptors (Lipinski definition) is 4. The van der Waals surface area contributed by atoms with Gasteiger partial charge in [0.05, 0.1) is 17.3 Å². The summed E-state index contributed by atoms with van der Waals surface area (Å²) in [5.74, 6) is -0.822. The van der Waals surface area contributed by atoms with Crippen molar-refractivity contribution in [3.63, 3.8) is 0 Å². The Hall–Kier alpha value is -0.940. The van der Waals surface area contributed by atoms with Crippen LogP contribution in [0.1, 0.15) is 40.1 Å². The van der Waals surface area contributed by atoms with Gasteiger partial charge in [-0.25, -0.2) is 9.78 Å². The van der Waals surface area contributed by atoms with Crippen molar-refractivity contribution in [1.82, 2.24) is 4.98 Å². The summed E-state index contributed by atoms with van der Waals surface area (Å²) in [6.07, 6.45) is 0. The highest BCUT2D eigenvalue weighted by molar-refractivity contribution is 7.13. The molecule has 0 saturated heterocycles. The summed E-state index contributed by atoms with van der Waals surface area (Å²) in [4.78, 5) is 14.9. The van der Waals surface area contributed by atoms with Crippen LogP contribution in [0, 0.1) is 0 Å². The molecular formula is C8H11NO3S. The third-order valence-corrected chi connectivity index (χ3v) is 2.94. The van der Waals surface area contributed by atoms with Gasteiger partial charge in [-0.2, -0.15) is 0 Å². The maximum Gasteiger partial charge on any atom is 0.347 e. The molecule has 0 spiro atoms. The molecule has 1 aromatic heterocycles. The van der Waals surface area contributed by atoms with E-state index in [0.29, 0.717) is 0 Å². The Morgan fingerprint density at radius 3 is 2.54 bits per heavy atom. The Balaban J connectivity index is 3.11. The summed E-state index contributed by atoms with van der Waals surface area (Å²) in [6.45, 7) is 3.56. The van der Waals surface area contributed by atoms with Gasteiger partial charge >= 0.3 is 5.97 Å². The number of carboxylic acid groups (broad SMARTS) is 1. The van der Waals surface area contributed by atoms with E-state index >= 15 is 0 Å². The molecule has 1 rings (SSSR count). The van der Waals surface area contributed by atoms with Crippen molar-refractivity contribution in [3.8, 4) is 0 Å². The quantitative estimate of drug-likeness (QED) is 0.776. The molecule has 5 heteroatoms. The molecule has 0 amide bonds. The first-order valence-electron chi connectivity index (χ1n) is 3.90. The number of hydrogen-bond donors (Lipinski definition) is 2. The number of thiazole rings is 1. The van der Waals surface area contributed by atoms with Crippen LogP contribution in [0.3, 0.4) is 0 Å². The molecule has 0 aliphatic carbocycles. The van der Waals surface area contributed by atoms with Crippen molar-refractivity contribution in [3.05, 3.63) is 15.6 Å². The third kappa shape index (κ3) is 2.05. The first-order chi connectivity index (χ1) is 6.06. The number of nitrogens with zero attached hydrogens (tertiary/aromatic N) is 1. The highest BCUT2D eigenvalue weighted by atomic mass is 32.1. The lowest BCUT2D eigenvalue weighted by atomic mass is 10.2. The van der Waals surface area contributed by atoms with Gasteiger partial charge in [0.1, 0.15) is 4.88 Å². The lowest BCUT2D eigenvalue weighted by Crippen LogP contribution is -1.98. The molecule has 0 bridgehead atoms. The van der Waals surface area contributed by atoms with Crippen molar-refractivity contribution in [1.29, 1.82) is 0 Å². The Morgan fingerprint density at radius 1 is 1.62 bits per heavy atom. The molecule has 1 heterocycles. The molecule has 0 fully saturated rings. The normalized spacial score (nSPS) is 10.8. The fourth-order valence-electron chi connectivity index (χ4n) is 0.891. The maximum absolute atomic E-state index is 10.7. The number of aromatic nitrogens is 1. The zero-order valence-electron chi connectivity index (χ0n) is 7.44. The van der Waals surface area contributed by atoms with Gasteiger partial charge in [0.2, 0.25) is 0 Å². The van der Waals surface area contributed by atoms with E-state index in [2.05, 4.69) is 4.98 Å². The molecule has 0 saturated carbocycles. The predicted molar refractivity (Wildman–Crippen MR) is 49.1 cm³/mol. The molecule has 0 aliphatic heterocycles. The minimum absolute atomic E-state index is 0.145. The van der Waals surface area contributed by atoms with Crippen LogP contribution >= 0.6 is 11.3 Å². The van der Waals surface area contributed by atoms with Crippen LogP contribution < -0.4 is 0 Å². The number of aliphatic hydroxyl groups excluding tert-OH is 1. The van der Waals surface area contributed by atoms with Crippen molar-refractivity contribution in [2.45, 2.75) is 26.4 Å². The molecule has 0 radical (unpaired) electrons. The van der Waals surface area contributed by atoms with Gasteiger partial charge in [0, 0.05) is 5.92 Å². The molecule has 2 N–H and O–H groups in total. The fourth-order valence-corrected chi connectivity index (χ4v) is 1.81. The van der Waals surface area contributed by atoms with E-state index in [1.54, 1.807) is 0 Å². The summed E-state index contributed by atoms with van der Waals surface area (Å²) >= 11 is 1.13. The van der Waals surface area contributed by atoms with E-state index in [9.17, 15) is 4.79 Å². The van der Waals surface area contributed by atoms with Gasteiger partial charge < -0.3 is 10.2 Å². The Kier molecular flexibility index (Phi) is 3.00. The average Bonchev–Trinajstić information content (AvgIpc) is 2.47. The lowest BCUT2D eigenvalue weighted by Gasteiger charge is -1.94. The van der Waals surface area contributed by atoms with Gasteiger partial charge in [-0.15, -0.1) is 11.3 Å². The van der Waals surface area contributed by atoms with Crippen molar-refractivity contribution in [2.75, 3.05) is 0 Å². The van der Waals surface area contributed by atoms with E-state index in [1.165, 1.54) is 0 Å². The fraction of sp³-hybridized carbons (Fsp3) is 0.500. The third-order valence-electron chi connectivity index (χ3n) is 1.55. The number of carbonyl (C=O) groups is 1. The van der Waals surface area contributed by atoms with Crippen LogP contribution in [0.15, 0.2) is 0 Å². The second-order valence-electron chi connectivity index (χ2n) is 2.95. The SMILES string of the molecule is CC(C)c1nc(CO)c(C(=O)O)s1. The highest BCUT2D eigenvalue weighted by Gasteiger charge is 2.17. The summed E-state index contributed by atoms with van der Waals surface area (Å²) in [5.41, 5.74) is 0.265. The predicted octanol–water partition coefficient (Wildman–Crippen LogP) is 1.46. The number of rotatable bonds is 3. The molecule has 13 heavy (non-hydrogen) atoms. The topological polar surface area (TPSA) is 70.4 Å².